The van der Waals surface area contributed by atoms with Crippen LogP contribution < -0.4 is 5.32 Å². The van der Waals surface area contributed by atoms with E-state index in [1.54, 1.807) is 0 Å². The van der Waals surface area contributed by atoms with Crippen molar-refractivity contribution >= 4 is 17.3 Å². The lowest BCUT2D eigenvalue weighted by molar-refractivity contribution is -0.188. The second-order valence-corrected chi connectivity index (χ2v) is 6.24. The van der Waals surface area contributed by atoms with E-state index in [9.17, 15) is 65.9 Å². The minimum absolute atomic E-state index is 0.908. The van der Waals surface area contributed by atoms with Crippen LogP contribution in [0.2, 0.25) is 0 Å². The Kier molecular flexibility index (Phi) is 7.53. The zero-order valence-electron chi connectivity index (χ0n) is 14.5. The van der Waals surface area contributed by atoms with Gasteiger partial charge in [0.1, 0.15) is 0 Å². The van der Waals surface area contributed by atoms with Crippen LogP contribution in [0.15, 0.2) is 0 Å². The summed E-state index contributed by atoms with van der Waals surface area (Å²) in [6.45, 7) is -1.57. The third kappa shape index (κ3) is 5.96. The van der Waals surface area contributed by atoms with E-state index >= 15 is 0 Å². The molecule has 1 aromatic rings. The van der Waals surface area contributed by atoms with Gasteiger partial charge >= 0.3 is 30.9 Å². The molecule has 1 unspecified atom stereocenters. The van der Waals surface area contributed by atoms with Crippen LogP contribution in [0.1, 0.15) is 27.8 Å². The average molecular weight is 526 g/mol. The summed E-state index contributed by atoms with van der Waals surface area (Å²) in [6.07, 6.45) is -36.1. The van der Waals surface area contributed by atoms with Gasteiger partial charge in [-0.2, -0.15) is 65.9 Å². The molecule has 0 radical (unpaired) electrons. The van der Waals surface area contributed by atoms with E-state index in [1.807, 2.05) is 0 Å². The largest absolute Gasteiger partial charge is 0.419 e. The van der Waals surface area contributed by atoms with Crippen LogP contribution >= 0.6 is 11.6 Å². The fraction of sp³-hybridized carbons (Fsp3) is 0.571. The van der Waals surface area contributed by atoms with E-state index in [-0.39, 0.29) is 0 Å². The van der Waals surface area contributed by atoms with Crippen molar-refractivity contribution in [2.24, 2.45) is 0 Å². The van der Waals surface area contributed by atoms with Crippen LogP contribution in [0, 0.1) is 0 Å². The van der Waals surface area contributed by atoms with Crippen LogP contribution in [0.3, 0.4) is 0 Å². The first-order valence-electron chi connectivity index (χ1n) is 7.53. The molecule has 1 atom stereocenters. The van der Waals surface area contributed by atoms with Gasteiger partial charge in [-0.05, 0) is 0 Å². The molecule has 0 bridgehead atoms. The maximum atomic E-state index is 13.4. The summed E-state index contributed by atoms with van der Waals surface area (Å²) < 4.78 is 199. The highest BCUT2D eigenvalue weighted by Crippen LogP contribution is 2.58. The molecule has 0 saturated carbocycles. The van der Waals surface area contributed by atoms with Gasteiger partial charge in [0.2, 0.25) is 0 Å². The molecule has 0 heterocycles. The molecule has 0 fully saturated rings. The van der Waals surface area contributed by atoms with E-state index in [0.29, 0.717) is 0 Å². The second kappa shape index (κ2) is 8.53. The molecule has 2 nitrogen and oxygen atoms in total. The number of hydrogen-bond donors (Lipinski definition) is 2. The van der Waals surface area contributed by atoms with Gasteiger partial charge in [-0.1, -0.05) is 0 Å². The van der Waals surface area contributed by atoms with Gasteiger partial charge in [0.25, 0.3) is 0 Å². The van der Waals surface area contributed by atoms with Crippen LogP contribution in [0.5, 0.6) is 0 Å². The Bertz CT molecular complexity index is 778. The lowest BCUT2D eigenvalue weighted by Crippen LogP contribution is -2.34. The van der Waals surface area contributed by atoms with Gasteiger partial charge in [-0.25, -0.2) is 0 Å². The summed E-state index contributed by atoms with van der Waals surface area (Å²) in [7, 11) is 0. The average Bonchev–Trinajstić information content (AvgIpc) is 2.52. The molecule has 0 spiro atoms. The van der Waals surface area contributed by atoms with Crippen molar-refractivity contribution in [2.45, 2.75) is 37.0 Å². The Morgan fingerprint density at radius 2 is 0.812 bits per heavy atom. The number of aliphatic hydroxyl groups excluding tert-OH is 1. The van der Waals surface area contributed by atoms with E-state index < -0.39 is 82.9 Å². The smallest absolute Gasteiger partial charge is 0.390 e. The molecule has 186 valence electrons. The number of hydrogen-bond acceptors (Lipinski definition) is 2. The number of benzene rings is 1. The molecule has 18 heteroatoms. The van der Waals surface area contributed by atoms with E-state index in [0.717, 1.165) is 5.32 Å². The maximum absolute atomic E-state index is 13.4. The molecule has 1 rings (SSSR count). The van der Waals surface area contributed by atoms with Crippen LogP contribution in [0.25, 0.3) is 0 Å². The van der Waals surface area contributed by atoms with Crippen LogP contribution in [0.4, 0.5) is 71.5 Å². The Morgan fingerprint density at radius 1 is 0.562 bits per heavy atom. The molecular weight excluding hydrogens is 519 g/mol. The highest BCUT2D eigenvalue weighted by Gasteiger charge is 2.60. The minimum Gasteiger partial charge on any atom is -0.390 e. The van der Waals surface area contributed by atoms with Gasteiger partial charge in [-0.15, -0.1) is 11.6 Å². The summed E-state index contributed by atoms with van der Waals surface area (Å²) in [4.78, 5) is 0. The fourth-order valence-electron chi connectivity index (χ4n) is 2.62. The van der Waals surface area contributed by atoms with Gasteiger partial charge in [-0.3, -0.25) is 0 Å². The molecule has 2 N–H and O–H groups in total. The SMILES string of the molecule is OC(CCl)CNc1c(C(F)(F)F)c(C(F)(F)F)c(C(F)(F)F)c(C(F)(F)F)c1C(F)(F)F. The quantitative estimate of drug-likeness (QED) is 0.335. The highest BCUT2D eigenvalue weighted by atomic mass is 35.5. The standard InChI is InChI=1S/C14H7ClF15NO/c15-1-3(32)2-31-9-7(13(25,26)27)5(11(19,20)21)4(10(16,17)18)6(12(22,23)24)8(9)14(28,29)30/h3,31-32H,1-2H2. The Balaban J connectivity index is 4.57. The number of anilines is 1. The second-order valence-electron chi connectivity index (χ2n) is 5.93. The Morgan fingerprint density at radius 3 is 1.03 bits per heavy atom. The highest BCUT2D eigenvalue weighted by molar-refractivity contribution is 6.18. The summed E-state index contributed by atoms with van der Waals surface area (Å²) >= 11 is 5.03. The molecule has 1 aromatic carbocycles. The third-order valence-electron chi connectivity index (χ3n) is 3.61. The van der Waals surface area contributed by atoms with Crippen molar-refractivity contribution in [3.63, 3.8) is 0 Å². The monoisotopic (exact) mass is 525 g/mol. The molecular formula is C14H7ClF15NO. The molecule has 32 heavy (non-hydrogen) atoms. The van der Waals surface area contributed by atoms with E-state index in [4.69, 9.17) is 16.7 Å². The lowest BCUT2D eigenvalue weighted by Gasteiger charge is -2.31. The molecule has 0 saturated heterocycles. The maximum Gasteiger partial charge on any atom is 0.419 e. The van der Waals surface area contributed by atoms with Crippen molar-refractivity contribution in [1.82, 2.24) is 0 Å². The van der Waals surface area contributed by atoms with Gasteiger partial charge in [0.05, 0.1) is 45.5 Å². The predicted molar refractivity (Wildman–Crippen MR) is 76.7 cm³/mol. The number of aliphatic hydroxyl groups is 1. The minimum atomic E-state index is -6.95. The van der Waals surface area contributed by atoms with Gasteiger partial charge < -0.3 is 10.4 Å². The Hall–Kier alpha value is -1.78. The zero-order chi connectivity index (χ0) is 25.7. The normalized spacial score (nSPS) is 15.2. The van der Waals surface area contributed by atoms with E-state index in [2.05, 4.69) is 0 Å². The van der Waals surface area contributed by atoms with Crippen molar-refractivity contribution < 1.29 is 71.0 Å². The topological polar surface area (TPSA) is 32.3 Å². The molecule has 0 amide bonds. The summed E-state index contributed by atoms with van der Waals surface area (Å²) in [5, 5.41) is 10.1. The molecule has 0 aliphatic rings. The first kappa shape index (κ1) is 28.3. The van der Waals surface area contributed by atoms with Crippen molar-refractivity contribution in [3.8, 4) is 0 Å². The first-order chi connectivity index (χ1) is 14.0. The summed E-state index contributed by atoms with van der Waals surface area (Å²) in [6, 6.07) is 0. The van der Waals surface area contributed by atoms with Gasteiger partial charge in [0.15, 0.2) is 0 Å². The third-order valence-corrected chi connectivity index (χ3v) is 3.97. The van der Waals surface area contributed by atoms with Crippen LogP contribution in [-0.4, -0.2) is 23.6 Å². The predicted octanol–water partition coefficient (Wildman–Crippen LogP) is 6.79. The number of alkyl halides is 16. The molecule has 0 aliphatic carbocycles. The molecule has 0 aliphatic heterocycles. The summed E-state index contributed by atoms with van der Waals surface area (Å²) in [5.74, 6) is -0.964. The van der Waals surface area contributed by atoms with E-state index in [1.165, 1.54) is 0 Å². The van der Waals surface area contributed by atoms with Crippen molar-refractivity contribution in [2.75, 3.05) is 17.7 Å². The number of nitrogens with one attached hydrogen (secondary N) is 1. The lowest BCUT2D eigenvalue weighted by atomic mass is 9.87. The fourth-order valence-corrected chi connectivity index (χ4v) is 2.73. The Labute approximate surface area is 171 Å². The van der Waals surface area contributed by atoms with Crippen molar-refractivity contribution in [3.05, 3.63) is 27.8 Å². The summed E-state index contributed by atoms with van der Waals surface area (Å²) in [5.41, 5.74) is -22.7. The zero-order valence-corrected chi connectivity index (χ0v) is 15.2. The number of halogens is 16. The van der Waals surface area contributed by atoms with Crippen LogP contribution in [-0.2, 0) is 30.9 Å². The molecule has 0 aromatic heterocycles. The first-order valence-corrected chi connectivity index (χ1v) is 8.06. The number of rotatable bonds is 4. The van der Waals surface area contributed by atoms with Gasteiger partial charge in [0, 0.05) is 6.54 Å². The van der Waals surface area contributed by atoms with Crippen molar-refractivity contribution in [1.29, 1.82) is 0 Å².